The van der Waals surface area contributed by atoms with Crippen molar-refractivity contribution in [1.82, 2.24) is 10.2 Å². The minimum atomic E-state index is -0.0745. The molecule has 104 valence electrons. The first-order valence-corrected chi connectivity index (χ1v) is 7.03. The summed E-state index contributed by atoms with van der Waals surface area (Å²) in [5.41, 5.74) is 8.06. The lowest BCUT2D eigenvalue weighted by atomic mass is 10.1. The van der Waals surface area contributed by atoms with E-state index in [2.05, 4.69) is 10.2 Å². The minimum absolute atomic E-state index is 0.0745. The van der Waals surface area contributed by atoms with Gasteiger partial charge in [0, 0.05) is 18.8 Å². The van der Waals surface area contributed by atoms with E-state index >= 15 is 0 Å². The van der Waals surface area contributed by atoms with Crippen molar-refractivity contribution in [2.24, 2.45) is 0 Å². The Morgan fingerprint density at radius 1 is 1.32 bits per heavy atom. The zero-order valence-electron chi connectivity index (χ0n) is 11.6. The summed E-state index contributed by atoms with van der Waals surface area (Å²) < 4.78 is 0. The van der Waals surface area contributed by atoms with Gasteiger partial charge in [0.25, 0.3) is 5.91 Å². The maximum absolute atomic E-state index is 12.0. The number of carbonyl (C=O) groups is 1. The summed E-state index contributed by atoms with van der Waals surface area (Å²) in [5.74, 6) is -0.0745. The van der Waals surface area contributed by atoms with Crippen LogP contribution in [0.15, 0.2) is 18.2 Å². The lowest BCUT2D eigenvalue weighted by molar-refractivity contribution is 0.0947. The molecule has 0 radical (unpaired) electrons. The van der Waals surface area contributed by atoms with E-state index in [4.69, 9.17) is 5.73 Å². The number of hydrogen-bond donors (Lipinski definition) is 2. The molecule has 1 aromatic rings. The molecule has 3 N–H and O–H groups in total. The van der Waals surface area contributed by atoms with Gasteiger partial charge in [-0.25, -0.2) is 0 Å². The second-order valence-electron chi connectivity index (χ2n) is 5.25. The van der Waals surface area contributed by atoms with Crippen LogP contribution < -0.4 is 11.1 Å². The molecule has 0 saturated carbocycles. The number of anilines is 1. The van der Waals surface area contributed by atoms with Crippen molar-refractivity contribution in [3.05, 3.63) is 29.3 Å². The summed E-state index contributed by atoms with van der Waals surface area (Å²) in [6.07, 6.45) is 3.89. The quantitative estimate of drug-likeness (QED) is 0.812. The minimum Gasteiger partial charge on any atom is -0.398 e. The SMILES string of the molecule is Cc1ccc(C(=O)NCCN2CCCCC2)c(N)c1. The molecular weight excluding hydrogens is 238 g/mol. The summed E-state index contributed by atoms with van der Waals surface area (Å²) >= 11 is 0. The molecule has 1 saturated heterocycles. The van der Waals surface area contributed by atoms with E-state index in [0.717, 1.165) is 25.2 Å². The fraction of sp³-hybridized carbons (Fsp3) is 0.533. The number of likely N-dealkylation sites (tertiary alicyclic amines) is 1. The summed E-state index contributed by atoms with van der Waals surface area (Å²) in [4.78, 5) is 14.4. The van der Waals surface area contributed by atoms with Crippen LogP contribution in [0.5, 0.6) is 0 Å². The molecule has 0 aliphatic carbocycles. The molecule has 1 amide bonds. The Kier molecular flexibility index (Phi) is 4.80. The predicted octanol–water partition coefficient (Wildman–Crippen LogP) is 1.79. The van der Waals surface area contributed by atoms with Crippen LogP contribution in [0.4, 0.5) is 5.69 Å². The van der Waals surface area contributed by atoms with Gasteiger partial charge in [0.1, 0.15) is 0 Å². The van der Waals surface area contributed by atoms with Gasteiger partial charge in [0.05, 0.1) is 5.56 Å². The average molecular weight is 261 g/mol. The van der Waals surface area contributed by atoms with Crippen LogP contribution in [0.1, 0.15) is 35.2 Å². The second-order valence-corrected chi connectivity index (χ2v) is 5.25. The Balaban J connectivity index is 1.80. The number of nitrogens with two attached hydrogens (primary N) is 1. The van der Waals surface area contributed by atoms with Gasteiger partial charge in [-0.1, -0.05) is 12.5 Å². The monoisotopic (exact) mass is 261 g/mol. The molecule has 0 unspecified atom stereocenters. The highest BCUT2D eigenvalue weighted by Gasteiger charge is 2.12. The molecule has 0 aromatic heterocycles. The molecule has 2 rings (SSSR count). The molecule has 19 heavy (non-hydrogen) atoms. The van der Waals surface area contributed by atoms with Crippen LogP contribution in [-0.4, -0.2) is 37.0 Å². The number of aryl methyl sites for hydroxylation is 1. The van der Waals surface area contributed by atoms with E-state index in [9.17, 15) is 4.79 Å². The molecule has 4 heteroatoms. The number of carbonyl (C=O) groups excluding carboxylic acids is 1. The van der Waals surface area contributed by atoms with Crippen LogP contribution in [0.25, 0.3) is 0 Å². The normalized spacial score (nSPS) is 16.3. The van der Waals surface area contributed by atoms with Crippen LogP contribution in [0.2, 0.25) is 0 Å². The molecule has 1 aromatic carbocycles. The fourth-order valence-corrected chi connectivity index (χ4v) is 2.49. The summed E-state index contributed by atoms with van der Waals surface area (Å²) in [7, 11) is 0. The predicted molar refractivity (Wildman–Crippen MR) is 78.2 cm³/mol. The van der Waals surface area contributed by atoms with Crippen molar-refractivity contribution in [2.75, 3.05) is 31.9 Å². The first kappa shape index (κ1) is 13.9. The molecular formula is C15H23N3O. The zero-order chi connectivity index (χ0) is 13.7. The molecule has 4 nitrogen and oxygen atoms in total. The summed E-state index contributed by atoms with van der Waals surface area (Å²) in [6.45, 7) is 5.89. The van der Waals surface area contributed by atoms with Gasteiger partial charge < -0.3 is 16.0 Å². The lowest BCUT2D eigenvalue weighted by Gasteiger charge is -2.26. The third-order valence-electron chi connectivity index (χ3n) is 3.61. The number of nitrogens with zero attached hydrogens (tertiary/aromatic N) is 1. The van der Waals surface area contributed by atoms with E-state index < -0.39 is 0 Å². The Hall–Kier alpha value is -1.55. The number of rotatable bonds is 4. The van der Waals surface area contributed by atoms with Crippen LogP contribution in [0.3, 0.4) is 0 Å². The maximum atomic E-state index is 12.0. The number of benzene rings is 1. The molecule has 0 atom stereocenters. The second kappa shape index (κ2) is 6.57. The molecule has 1 fully saturated rings. The Bertz CT molecular complexity index is 439. The van der Waals surface area contributed by atoms with Crippen molar-refractivity contribution in [1.29, 1.82) is 0 Å². The highest BCUT2D eigenvalue weighted by atomic mass is 16.1. The zero-order valence-corrected chi connectivity index (χ0v) is 11.6. The van der Waals surface area contributed by atoms with E-state index in [0.29, 0.717) is 17.8 Å². The molecule has 0 bridgehead atoms. The van der Waals surface area contributed by atoms with Crippen molar-refractivity contribution in [3.63, 3.8) is 0 Å². The fourth-order valence-electron chi connectivity index (χ4n) is 2.49. The average Bonchev–Trinajstić information content (AvgIpc) is 2.39. The highest BCUT2D eigenvalue weighted by molar-refractivity contribution is 5.99. The van der Waals surface area contributed by atoms with E-state index in [1.807, 2.05) is 19.1 Å². The van der Waals surface area contributed by atoms with Crippen molar-refractivity contribution in [3.8, 4) is 0 Å². The van der Waals surface area contributed by atoms with E-state index in [1.165, 1.54) is 19.3 Å². The number of nitrogen functional groups attached to an aromatic ring is 1. The third-order valence-corrected chi connectivity index (χ3v) is 3.61. The van der Waals surface area contributed by atoms with Gasteiger partial charge in [-0.05, 0) is 50.6 Å². The molecule has 1 heterocycles. The Morgan fingerprint density at radius 2 is 2.05 bits per heavy atom. The largest absolute Gasteiger partial charge is 0.398 e. The third kappa shape index (κ3) is 3.96. The van der Waals surface area contributed by atoms with Gasteiger partial charge in [0.2, 0.25) is 0 Å². The molecule has 1 aliphatic heterocycles. The van der Waals surface area contributed by atoms with Gasteiger partial charge in [-0.15, -0.1) is 0 Å². The number of piperidine rings is 1. The standard InChI is InChI=1S/C15H23N3O/c1-12-5-6-13(14(16)11-12)15(19)17-7-10-18-8-3-2-4-9-18/h5-6,11H,2-4,7-10,16H2,1H3,(H,17,19). The number of nitrogens with one attached hydrogen (secondary N) is 1. The van der Waals surface area contributed by atoms with Crippen molar-refractivity contribution < 1.29 is 4.79 Å². The van der Waals surface area contributed by atoms with Gasteiger partial charge in [0.15, 0.2) is 0 Å². The first-order chi connectivity index (χ1) is 9.16. The molecule has 0 spiro atoms. The van der Waals surface area contributed by atoms with Gasteiger partial charge in [-0.2, -0.15) is 0 Å². The van der Waals surface area contributed by atoms with Gasteiger partial charge >= 0.3 is 0 Å². The van der Waals surface area contributed by atoms with E-state index in [-0.39, 0.29) is 5.91 Å². The Morgan fingerprint density at radius 3 is 2.74 bits per heavy atom. The van der Waals surface area contributed by atoms with Crippen LogP contribution in [0, 0.1) is 6.92 Å². The molecule has 1 aliphatic rings. The van der Waals surface area contributed by atoms with Gasteiger partial charge in [-0.3, -0.25) is 4.79 Å². The first-order valence-electron chi connectivity index (χ1n) is 7.03. The highest BCUT2D eigenvalue weighted by Crippen LogP contribution is 2.13. The van der Waals surface area contributed by atoms with E-state index in [1.54, 1.807) is 6.07 Å². The lowest BCUT2D eigenvalue weighted by Crippen LogP contribution is -2.37. The summed E-state index contributed by atoms with van der Waals surface area (Å²) in [6, 6.07) is 5.54. The number of amides is 1. The van der Waals surface area contributed by atoms with Crippen LogP contribution in [-0.2, 0) is 0 Å². The summed E-state index contributed by atoms with van der Waals surface area (Å²) in [5, 5.41) is 2.95. The maximum Gasteiger partial charge on any atom is 0.253 e. The number of hydrogen-bond acceptors (Lipinski definition) is 3. The Labute approximate surface area is 115 Å². The van der Waals surface area contributed by atoms with Crippen molar-refractivity contribution >= 4 is 11.6 Å². The van der Waals surface area contributed by atoms with Crippen molar-refractivity contribution in [2.45, 2.75) is 26.2 Å². The smallest absolute Gasteiger partial charge is 0.253 e. The van der Waals surface area contributed by atoms with Crippen LogP contribution >= 0.6 is 0 Å². The topological polar surface area (TPSA) is 58.4 Å².